The minimum absolute atomic E-state index is 0.500. The van der Waals surface area contributed by atoms with E-state index in [1.807, 2.05) is 0 Å². The van der Waals surface area contributed by atoms with Crippen LogP contribution in [-0.4, -0.2) is 17.9 Å². The van der Waals surface area contributed by atoms with Crippen LogP contribution in [0.1, 0.15) is 0 Å². The average molecular weight is 179 g/mol. The van der Waals surface area contributed by atoms with Gasteiger partial charge in [-0.2, -0.15) is 22.0 Å². The van der Waals surface area contributed by atoms with Gasteiger partial charge in [0.2, 0.25) is 0 Å². The molecule has 0 aliphatic heterocycles. The molecule has 0 bridgehead atoms. The van der Waals surface area contributed by atoms with Crippen LogP contribution in [0.3, 0.4) is 0 Å². The first-order chi connectivity index (χ1) is 4.83. The average Bonchev–Trinajstić information content (AvgIpc) is 1.88. The zero-order chi connectivity index (χ0) is 9.49. The van der Waals surface area contributed by atoms with E-state index in [2.05, 4.69) is 0 Å². The van der Waals surface area contributed by atoms with E-state index in [-0.39, 0.29) is 0 Å². The molecule has 0 saturated heterocycles. The normalized spacial score (nSPS) is 9.64. The highest BCUT2D eigenvalue weighted by Gasteiger charge is 2.24. The smallest absolute Gasteiger partial charge is 0.411 e. The molecule has 0 spiro atoms. The summed E-state index contributed by atoms with van der Waals surface area (Å²) in [7, 11) is 0. The molecule has 0 atom stereocenters. The van der Waals surface area contributed by atoms with Gasteiger partial charge < -0.3 is 10.2 Å². The van der Waals surface area contributed by atoms with Crippen LogP contribution >= 0.6 is 0 Å². The van der Waals surface area contributed by atoms with Crippen molar-refractivity contribution in [2.45, 2.75) is 6.18 Å². The third-order valence-corrected chi connectivity index (χ3v) is 0.268. The van der Waals surface area contributed by atoms with Crippen molar-refractivity contribution in [2.75, 3.05) is 6.61 Å². The fourth-order valence-corrected chi connectivity index (χ4v) is 0. The SMILES string of the molecule is OCC(F)(F)F.[O-]C=C(F)F. The van der Waals surface area contributed by atoms with E-state index in [1.165, 1.54) is 0 Å². The molecule has 0 aromatic carbocycles. The standard InChI is InChI=1S/C2H3F3O.C2H2F2O/c3-2(4,5)1-6;3-2(4)1-5/h6H,1H2;1,5H/p-1. The molecule has 1 N–H and O–H groups in total. The first-order valence-electron chi connectivity index (χ1n) is 2.14. The van der Waals surface area contributed by atoms with Gasteiger partial charge in [0.25, 0.3) is 6.08 Å². The van der Waals surface area contributed by atoms with E-state index in [1.54, 1.807) is 0 Å². The summed E-state index contributed by atoms with van der Waals surface area (Å²) < 4.78 is 52.2. The van der Waals surface area contributed by atoms with E-state index >= 15 is 0 Å². The van der Waals surface area contributed by atoms with Gasteiger partial charge in [-0.1, -0.05) is 6.26 Å². The first-order valence-corrected chi connectivity index (χ1v) is 2.14. The maximum Gasteiger partial charge on any atom is 0.411 e. The lowest BCUT2D eigenvalue weighted by molar-refractivity contribution is -0.279. The molecule has 0 heterocycles. The van der Waals surface area contributed by atoms with Gasteiger partial charge >= 0.3 is 6.18 Å². The van der Waals surface area contributed by atoms with Crippen LogP contribution in [0.25, 0.3) is 0 Å². The Hall–Kier alpha value is -0.850. The van der Waals surface area contributed by atoms with Crippen LogP contribution in [0.5, 0.6) is 0 Å². The summed E-state index contributed by atoms with van der Waals surface area (Å²) in [6.07, 6.45) is -7.08. The molecule has 68 valence electrons. The Bertz CT molecular complexity index is 114. The zero-order valence-corrected chi connectivity index (χ0v) is 5.03. The molecule has 0 aliphatic carbocycles. The van der Waals surface area contributed by atoms with Crippen molar-refractivity contribution in [3.8, 4) is 0 Å². The molecule has 0 aromatic rings. The molecule has 0 radical (unpaired) electrons. The predicted octanol–water partition coefficient (Wildman–Crippen LogP) is 0.626. The van der Waals surface area contributed by atoms with Crippen molar-refractivity contribution < 1.29 is 32.2 Å². The molecule has 0 fully saturated rings. The highest BCUT2D eigenvalue weighted by molar-refractivity contribution is 4.63. The highest BCUT2D eigenvalue weighted by atomic mass is 19.4. The lowest BCUT2D eigenvalue weighted by Crippen LogP contribution is -2.12. The molecule has 0 amide bonds. The maximum absolute atomic E-state index is 10.5. The minimum Gasteiger partial charge on any atom is -0.874 e. The lowest BCUT2D eigenvalue weighted by atomic mass is 10.7. The Morgan fingerprint density at radius 1 is 1.36 bits per heavy atom. The second-order valence-electron chi connectivity index (χ2n) is 1.18. The Balaban J connectivity index is 0. The Morgan fingerprint density at radius 3 is 1.55 bits per heavy atom. The first kappa shape index (κ1) is 12.8. The topological polar surface area (TPSA) is 43.3 Å². The Kier molecular flexibility index (Phi) is 6.86. The molecule has 0 aliphatic rings. The van der Waals surface area contributed by atoms with Crippen molar-refractivity contribution in [3.05, 3.63) is 12.3 Å². The minimum atomic E-state index is -4.40. The van der Waals surface area contributed by atoms with Crippen molar-refractivity contribution in [3.63, 3.8) is 0 Å². The molecule has 0 unspecified atom stereocenters. The highest BCUT2D eigenvalue weighted by Crippen LogP contribution is 2.11. The number of rotatable bonds is 0. The molecule has 0 rings (SSSR count). The second kappa shape index (κ2) is 5.90. The van der Waals surface area contributed by atoms with Crippen molar-refractivity contribution in [1.29, 1.82) is 0 Å². The fourth-order valence-electron chi connectivity index (χ4n) is 0. The number of hydrogen-bond acceptors (Lipinski definition) is 2. The molecule has 0 saturated carbocycles. The summed E-state index contributed by atoms with van der Waals surface area (Å²) >= 11 is 0. The number of alkyl halides is 3. The van der Waals surface area contributed by atoms with E-state index in [0.29, 0.717) is 0 Å². The maximum atomic E-state index is 10.5. The Morgan fingerprint density at radius 2 is 1.55 bits per heavy atom. The molecule has 11 heavy (non-hydrogen) atoms. The fraction of sp³-hybridized carbons (Fsp3) is 0.500. The molecular weight excluding hydrogens is 175 g/mol. The summed E-state index contributed by atoms with van der Waals surface area (Å²) in [6, 6.07) is 0. The number of halogens is 5. The summed E-state index contributed by atoms with van der Waals surface area (Å²) in [5.41, 5.74) is 0. The van der Waals surface area contributed by atoms with Crippen LogP contribution in [0.2, 0.25) is 0 Å². The van der Waals surface area contributed by atoms with Gasteiger partial charge in [0.05, 0.1) is 0 Å². The van der Waals surface area contributed by atoms with E-state index in [4.69, 9.17) is 10.2 Å². The van der Waals surface area contributed by atoms with Gasteiger partial charge in [-0.05, 0) is 0 Å². The van der Waals surface area contributed by atoms with Gasteiger partial charge in [-0.15, -0.1) is 0 Å². The van der Waals surface area contributed by atoms with Crippen molar-refractivity contribution in [2.24, 2.45) is 0 Å². The third-order valence-electron chi connectivity index (χ3n) is 0.268. The summed E-state index contributed by atoms with van der Waals surface area (Å²) in [4.78, 5) is 0. The summed E-state index contributed by atoms with van der Waals surface area (Å²) in [5.74, 6) is 0. The number of aliphatic hydroxyl groups excluding tert-OH is 1. The van der Waals surface area contributed by atoms with E-state index in [0.717, 1.165) is 0 Å². The second-order valence-corrected chi connectivity index (χ2v) is 1.18. The van der Waals surface area contributed by atoms with Gasteiger partial charge in [-0.25, -0.2) is 0 Å². The third kappa shape index (κ3) is 27.2. The molecule has 2 nitrogen and oxygen atoms in total. The van der Waals surface area contributed by atoms with Gasteiger partial charge in [0.1, 0.15) is 6.61 Å². The van der Waals surface area contributed by atoms with E-state index < -0.39 is 25.1 Å². The largest absolute Gasteiger partial charge is 0.874 e. The summed E-state index contributed by atoms with van der Waals surface area (Å²) in [5, 5.41) is 16.0. The van der Waals surface area contributed by atoms with Crippen molar-refractivity contribution in [1.82, 2.24) is 0 Å². The lowest BCUT2D eigenvalue weighted by Gasteiger charge is -1.95. The van der Waals surface area contributed by atoms with Gasteiger partial charge in [-0.3, -0.25) is 0 Å². The summed E-state index contributed by atoms with van der Waals surface area (Å²) in [6.45, 7) is -1.73. The van der Waals surface area contributed by atoms with Gasteiger partial charge in [0, 0.05) is 0 Å². The zero-order valence-electron chi connectivity index (χ0n) is 5.03. The van der Waals surface area contributed by atoms with Crippen LogP contribution in [0.4, 0.5) is 22.0 Å². The van der Waals surface area contributed by atoms with Gasteiger partial charge in [0.15, 0.2) is 0 Å². The Labute approximate surface area is 58.6 Å². The van der Waals surface area contributed by atoms with Crippen LogP contribution in [0, 0.1) is 0 Å². The van der Waals surface area contributed by atoms with Crippen LogP contribution < -0.4 is 5.11 Å². The van der Waals surface area contributed by atoms with Crippen molar-refractivity contribution >= 4 is 0 Å². The number of hydrogen-bond donors (Lipinski definition) is 1. The van der Waals surface area contributed by atoms with E-state index in [9.17, 15) is 22.0 Å². The number of aliphatic hydroxyl groups is 1. The predicted molar refractivity (Wildman–Crippen MR) is 23.4 cm³/mol. The quantitative estimate of drug-likeness (QED) is 0.437. The monoisotopic (exact) mass is 179 g/mol. The van der Waals surface area contributed by atoms with Crippen LogP contribution in [0.15, 0.2) is 12.3 Å². The molecule has 0 aromatic heterocycles. The molecular formula is C4H4F5O2-. The van der Waals surface area contributed by atoms with Crippen LogP contribution in [-0.2, 0) is 0 Å². The molecule has 7 heteroatoms.